The predicted molar refractivity (Wildman–Crippen MR) is 126 cm³/mol. The molecule has 0 spiro atoms. The van der Waals surface area contributed by atoms with Gasteiger partial charge in [-0.05, 0) is 42.0 Å². The first-order valence-electron chi connectivity index (χ1n) is 10.5. The topological polar surface area (TPSA) is 45.4 Å². The fourth-order valence-corrected chi connectivity index (χ4v) is 4.34. The lowest BCUT2D eigenvalue weighted by Gasteiger charge is -2.39. The highest BCUT2D eigenvalue weighted by molar-refractivity contribution is 9.10. The third-order valence-corrected chi connectivity index (χ3v) is 6.21. The Hall–Kier alpha value is -2.96. The monoisotopic (exact) mass is 474 g/mol. The quantitative estimate of drug-likeness (QED) is 0.386. The molecule has 1 fully saturated rings. The molecule has 0 amide bonds. The van der Waals surface area contributed by atoms with E-state index in [-0.39, 0.29) is 6.04 Å². The number of piperazine rings is 1. The Bertz CT molecular complexity index is 1110. The highest BCUT2D eigenvalue weighted by atomic mass is 79.9. The van der Waals surface area contributed by atoms with Crippen molar-refractivity contribution in [2.75, 3.05) is 31.1 Å². The van der Waals surface area contributed by atoms with E-state index in [1.807, 2.05) is 30.3 Å². The van der Waals surface area contributed by atoms with Gasteiger partial charge in [0.25, 0.3) is 0 Å². The largest absolute Gasteiger partial charge is 0.419 e. The lowest BCUT2D eigenvalue weighted by atomic mass is 10.0. The summed E-state index contributed by atoms with van der Waals surface area (Å²) in [6.07, 6.45) is 0. The average Bonchev–Trinajstić information content (AvgIpc) is 3.32. The van der Waals surface area contributed by atoms with Crippen molar-refractivity contribution in [2.24, 2.45) is 0 Å². The van der Waals surface area contributed by atoms with Gasteiger partial charge in [0, 0.05) is 41.9 Å². The molecule has 1 aliphatic heterocycles. The van der Waals surface area contributed by atoms with E-state index >= 15 is 0 Å². The zero-order valence-electron chi connectivity index (χ0n) is 17.1. The number of benzene rings is 3. The van der Waals surface area contributed by atoms with Crippen LogP contribution in [0, 0.1) is 0 Å². The van der Waals surface area contributed by atoms with Gasteiger partial charge in [-0.1, -0.05) is 64.5 Å². The number of nitrogens with zero attached hydrogens (tertiary/aromatic N) is 4. The molecule has 6 heteroatoms. The molecular formula is C25H23BrN4O. The molecule has 0 saturated carbocycles. The lowest BCUT2D eigenvalue weighted by molar-refractivity contribution is 0.188. The highest BCUT2D eigenvalue weighted by Crippen LogP contribution is 2.32. The second-order valence-corrected chi connectivity index (χ2v) is 8.54. The van der Waals surface area contributed by atoms with Crippen LogP contribution in [0.15, 0.2) is 93.8 Å². The minimum Gasteiger partial charge on any atom is -0.419 e. The van der Waals surface area contributed by atoms with E-state index in [0.29, 0.717) is 11.8 Å². The summed E-state index contributed by atoms with van der Waals surface area (Å²) in [5, 5.41) is 8.81. The van der Waals surface area contributed by atoms with Gasteiger partial charge in [0.05, 0.1) is 0 Å². The number of hydrogen-bond donors (Lipinski definition) is 0. The molecule has 0 aliphatic carbocycles. The zero-order valence-corrected chi connectivity index (χ0v) is 18.6. The van der Waals surface area contributed by atoms with E-state index in [2.05, 4.69) is 90.5 Å². The van der Waals surface area contributed by atoms with E-state index in [0.717, 1.165) is 41.8 Å². The molecule has 0 N–H and O–H groups in total. The Kier molecular flexibility index (Phi) is 5.82. The first-order chi connectivity index (χ1) is 15.3. The van der Waals surface area contributed by atoms with Crippen molar-refractivity contribution >= 4 is 21.6 Å². The smallest absolute Gasteiger partial charge is 0.247 e. The van der Waals surface area contributed by atoms with E-state index in [1.54, 1.807) is 0 Å². The van der Waals surface area contributed by atoms with Crippen LogP contribution in [0.5, 0.6) is 0 Å². The zero-order chi connectivity index (χ0) is 21.0. The van der Waals surface area contributed by atoms with Crippen molar-refractivity contribution in [1.29, 1.82) is 0 Å². The van der Waals surface area contributed by atoms with E-state index in [9.17, 15) is 0 Å². The Morgan fingerprint density at radius 2 is 1.39 bits per heavy atom. The summed E-state index contributed by atoms with van der Waals surface area (Å²) in [6, 6.07) is 28.8. The maximum Gasteiger partial charge on any atom is 0.247 e. The third-order valence-electron chi connectivity index (χ3n) is 5.68. The summed E-state index contributed by atoms with van der Waals surface area (Å²) < 4.78 is 7.25. The Morgan fingerprint density at radius 3 is 2.06 bits per heavy atom. The van der Waals surface area contributed by atoms with Crippen LogP contribution in [-0.2, 0) is 0 Å². The van der Waals surface area contributed by atoms with Crippen molar-refractivity contribution in [3.63, 3.8) is 0 Å². The summed E-state index contributed by atoms with van der Waals surface area (Å²) in [6.45, 7) is 3.74. The van der Waals surface area contributed by atoms with Crippen molar-refractivity contribution in [3.05, 3.63) is 101 Å². The molecule has 156 valence electrons. The average molecular weight is 475 g/mol. The van der Waals surface area contributed by atoms with Crippen LogP contribution in [0.3, 0.4) is 0 Å². The first-order valence-corrected chi connectivity index (χ1v) is 11.3. The van der Waals surface area contributed by atoms with Crippen LogP contribution in [0.2, 0.25) is 0 Å². The van der Waals surface area contributed by atoms with Crippen molar-refractivity contribution in [1.82, 2.24) is 15.1 Å². The summed E-state index contributed by atoms with van der Waals surface area (Å²) in [5.41, 5.74) is 3.36. The van der Waals surface area contributed by atoms with Gasteiger partial charge >= 0.3 is 0 Å². The fourth-order valence-electron chi connectivity index (χ4n) is 4.07. The predicted octanol–water partition coefficient (Wildman–Crippen LogP) is 5.41. The van der Waals surface area contributed by atoms with Crippen molar-refractivity contribution in [2.45, 2.75) is 6.04 Å². The fraction of sp³-hybridized carbons (Fsp3) is 0.200. The molecule has 5 rings (SSSR count). The molecule has 1 atom stereocenters. The molecular weight excluding hydrogens is 452 g/mol. The van der Waals surface area contributed by atoms with Gasteiger partial charge in [-0.15, -0.1) is 10.2 Å². The highest BCUT2D eigenvalue weighted by Gasteiger charge is 2.30. The van der Waals surface area contributed by atoms with Gasteiger partial charge in [-0.2, -0.15) is 0 Å². The summed E-state index contributed by atoms with van der Waals surface area (Å²) in [5.74, 6) is 1.19. The standard InChI is InChI=1S/C25H23BrN4O/c26-21-13-11-19(12-14-21)23(25-28-27-24(31-25)20-7-3-1-4-8-20)30-17-15-29(16-18-30)22-9-5-2-6-10-22/h1-14,23H,15-18H2/t23-/m0/s1. The van der Waals surface area contributed by atoms with E-state index in [1.165, 1.54) is 5.69 Å². The molecule has 31 heavy (non-hydrogen) atoms. The minimum absolute atomic E-state index is 0.0732. The second kappa shape index (κ2) is 9.04. The van der Waals surface area contributed by atoms with Crippen molar-refractivity contribution < 1.29 is 4.42 Å². The first kappa shape index (κ1) is 20.0. The number of halogens is 1. The Morgan fingerprint density at radius 1 is 0.742 bits per heavy atom. The molecule has 5 nitrogen and oxygen atoms in total. The second-order valence-electron chi connectivity index (χ2n) is 7.62. The molecule has 1 aliphatic rings. The SMILES string of the molecule is Brc1ccc([C@@H](c2nnc(-c3ccccc3)o2)N2CCN(c3ccccc3)CC2)cc1. The van der Waals surface area contributed by atoms with Crippen molar-refractivity contribution in [3.8, 4) is 11.5 Å². The Labute approximate surface area is 190 Å². The molecule has 0 radical (unpaired) electrons. The van der Waals surface area contributed by atoms with Crippen LogP contribution >= 0.6 is 15.9 Å². The maximum atomic E-state index is 6.19. The molecule has 1 aromatic heterocycles. The number of aromatic nitrogens is 2. The molecule has 1 saturated heterocycles. The summed E-state index contributed by atoms with van der Waals surface area (Å²) in [7, 11) is 0. The molecule has 4 aromatic rings. The van der Waals surface area contributed by atoms with Gasteiger partial charge in [-0.3, -0.25) is 4.90 Å². The third kappa shape index (κ3) is 4.40. The van der Waals surface area contributed by atoms with Crippen LogP contribution in [0.25, 0.3) is 11.5 Å². The molecule has 0 unspecified atom stereocenters. The van der Waals surface area contributed by atoms with E-state index < -0.39 is 0 Å². The summed E-state index contributed by atoms with van der Waals surface area (Å²) in [4.78, 5) is 4.86. The van der Waals surface area contributed by atoms with Crippen LogP contribution in [0.4, 0.5) is 5.69 Å². The van der Waals surface area contributed by atoms with Gasteiger partial charge in [-0.25, -0.2) is 0 Å². The maximum absolute atomic E-state index is 6.19. The Balaban J connectivity index is 1.42. The minimum atomic E-state index is -0.0732. The van der Waals surface area contributed by atoms with Gasteiger partial charge in [0.2, 0.25) is 11.8 Å². The van der Waals surface area contributed by atoms with E-state index in [4.69, 9.17) is 4.42 Å². The van der Waals surface area contributed by atoms with Gasteiger partial charge < -0.3 is 9.32 Å². The molecule has 0 bridgehead atoms. The molecule has 3 aromatic carbocycles. The lowest BCUT2D eigenvalue weighted by Crippen LogP contribution is -2.48. The number of anilines is 1. The van der Waals surface area contributed by atoms with Gasteiger partial charge in [0.1, 0.15) is 6.04 Å². The number of hydrogen-bond acceptors (Lipinski definition) is 5. The number of para-hydroxylation sites is 1. The summed E-state index contributed by atoms with van der Waals surface area (Å²) >= 11 is 3.54. The van der Waals surface area contributed by atoms with Crippen LogP contribution in [-0.4, -0.2) is 41.3 Å². The number of rotatable bonds is 5. The normalized spacial score (nSPS) is 15.7. The molecule has 2 heterocycles. The van der Waals surface area contributed by atoms with Crippen LogP contribution in [0.1, 0.15) is 17.5 Å². The van der Waals surface area contributed by atoms with Gasteiger partial charge in [0.15, 0.2) is 0 Å². The van der Waals surface area contributed by atoms with Crippen LogP contribution < -0.4 is 4.90 Å².